The van der Waals surface area contributed by atoms with Crippen LogP contribution in [0.25, 0.3) is 0 Å². The molecule has 2 saturated carbocycles. The van der Waals surface area contributed by atoms with Crippen molar-refractivity contribution in [2.75, 3.05) is 24.5 Å². The zero-order valence-electron chi connectivity index (χ0n) is 27.6. The van der Waals surface area contributed by atoms with Crippen molar-refractivity contribution in [3.63, 3.8) is 0 Å². The lowest BCUT2D eigenvalue weighted by atomic mass is 9.61. The Labute approximate surface area is 271 Å². The third-order valence-electron chi connectivity index (χ3n) is 8.82. The maximum Gasteiger partial charge on any atom is 0.255 e. The van der Waals surface area contributed by atoms with Crippen LogP contribution in [0.4, 0.5) is 10.2 Å². The van der Waals surface area contributed by atoms with Gasteiger partial charge >= 0.3 is 0 Å². The van der Waals surface area contributed by atoms with Crippen LogP contribution in [0.2, 0.25) is 0 Å². The number of rotatable bonds is 7. The van der Waals surface area contributed by atoms with Crippen molar-refractivity contribution in [2.24, 2.45) is 5.41 Å². The smallest absolute Gasteiger partial charge is 0.255 e. The fraction of sp³-hybridized carbons (Fsp3) is 0.543. The Morgan fingerprint density at radius 2 is 1.87 bits per heavy atom. The lowest BCUT2D eigenvalue weighted by molar-refractivity contribution is -0.0350. The molecule has 0 atom stereocenters. The van der Waals surface area contributed by atoms with Gasteiger partial charge in [-0.15, -0.1) is 0 Å². The van der Waals surface area contributed by atoms with E-state index in [0.717, 1.165) is 69.7 Å². The Hall–Kier alpha value is -3.83. The van der Waals surface area contributed by atoms with Gasteiger partial charge in [0.1, 0.15) is 29.7 Å². The first-order chi connectivity index (χ1) is 22.1. The molecular formula is C35H47FN6O4. The molecule has 1 saturated heterocycles. The van der Waals surface area contributed by atoms with Gasteiger partial charge < -0.3 is 30.1 Å². The molecule has 1 aromatic carbocycles. The highest BCUT2D eigenvalue weighted by Gasteiger charge is 2.54. The van der Waals surface area contributed by atoms with Crippen molar-refractivity contribution in [3.05, 3.63) is 65.6 Å². The molecule has 2 aliphatic carbocycles. The molecule has 0 radical (unpaired) electrons. The molecule has 46 heavy (non-hydrogen) atoms. The third kappa shape index (κ3) is 7.75. The van der Waals surface area contributed by atoms with Crippen LogP contribution in [0.5, 0.6) is 17.2 Å². The van der Waals surface area contributed by atoms with E-state index in [9.17, 15) is 9.18 Å². The topological polar surface area (TPSA) is 122 Å². The minimum Gasteiger partial charge on any atom is -0.490 e. The summed E-state index contributed by atoms with van der Waals surface area (Å²) in [6.07, 6.45) is 11.2. The van der Waals surface area contributed by atoms with Crippen LogP contribution < -0.4 is 25.0 Å². The Bertz CT molecular complexity index is 1500. The zero-order chi connectivity index (χ0) is 32.9. The lowest BCUT2D eigenvalue weighted by Gasteiger charge is -2.59. The Morgan fingerprint density at radius 1 is 1.13 bits per heavy atom. The highest BCUT2D eigenvalue weighted by Crippen LogP contribution is 2.52. The standard InChI is InChI=1S/C28H31FN6O3.C5H10O.C2H6/c1-17(2)34-27(36)20-9-18(29)3-4-23(20)38-25-13-31-16-33-26(25)35-14-28(15-35)10-19(11-28)37-24-6-8-32-22-5-7-30-12-21(22)24;1-5(6)3-2-4-5;1-2/h3-4,6,8-9,13,16-17,19,30H,5,7,10-12,14-15H2,1-2H3,(H,34,36);6H,2-4H2,1H3;1-2H3. The first-order valence-electron chi connectivity index (χ1n) is 16.5. The quantitative estimate of drug-likeness (QED) is 0.306. The molecule has 2 aromatic heterocycles. The average Bonchev–Trinajstić information content (AvgIpc) is 2.99. The lowest BCUT2D eigenvalue weighted by Crippen LogP contribution is -2.65. The molecule has 10 nitrogen and oxygen atoms in total. The summed E-state index contributed by atoms with van der Waals surface area (Å²) in [4.78, 5) is 27.9. The first kappa shape index (κ1) is 33.5. The second-order valence-corrected chi connectivity index (χ2v) is 13.1. The Morgan fingerprint density at radius 3 is 2.54 bits per heavy atom. The van der Waals surface area contributed by atoms with Gasteiger partial charge in [0.15, 0.2) is 11.6 Å². The number of fused-ring (bicyclic) bond motifs is 1. The number of nitrogens with one attached hydrogen (secondary N) is 2. The van der Waals surface area contributed by atoms with Crippen LogP contribution in [-0.4, -0.2) is 63.3 Å². The van der Waals surface area contributed by atoms with E-state index >= 15 is 0 Å². The molecule has 248 valence electrons. The van der Waals surface area contributed by atoms with Crippen LogP contribution in [0.15, 0.2) is 43.0 Å². The predicted molar refractivity (Wildman–Crippen MR) is 175 cm³/mol. The van der Waals surface area contributed by atoms with Gasteiger partial charge in [0, 0.05) is 61.5 Å². The van der Waals surface area contributed by atoms with E-state index in [2.05, 4.69) is 30.5 Å². The van der Waals surface area contributed by atoms with E-state index in [1.54, 1.807) is 6.20 Å². The van der Waals surface area contributed by atoms with E-state index in [1.165, 1.54) is 36.5 Å². The molecule has 2 aliphatic heterocycles. The SMILES string of the molecule is CC.CC(C)NC(=O)c1cc(F)ccc1Oc1cncnc1N1CC2(CC(Oc3ccnc4c3CNCC4)C2)C1.CC1(O)CCC1. The minimum absolute atomic E-state index is 0.0950. The molecular weight excluding hydrogens is 587 g/mol. The fourth-order valence-electron chi connectivity index (χ4n) is 6.33. The summed E-state index contributed by atoms with van der Waals surface area (Å²) in [6, 6.07) is 5.79. The fourth-order valence-corrected chi connectivity index (χ4v) is 6.33. The summed E-state index contributed by atoms with van der Waals surface area (Å²) in [5.74, 6) is 1.37. The Kier molecular flexibility index (Phi) is 10.4. The molecule has 1 spiro atoms. The van der Waals surface area contributed by atoms with Crippen molar-refractivity contribution in [1.29, 1.82) is 0 Å². The van der Waals surface area contributed by atoms with Gasteiger partial charge in [0.25, 0.3) is 5.91 Å². The molecule has 3 aromatic rings. The largest absolute Gasteiger partial charge is 0.490 e. The van der Waals surface area contributed by atoms with Gasteiger partial charge in [0.05, 0.1) is 17.4 Å². The maximum absolute atomic E-state index is 14.0. The molecule has 0 bridgehead atoms. The second kappa shape index (κ2) is 14.3. The number of benzene rings is 1. The van der Waals surface area contributed by atoms with E-state index < -0.39 is 11.7 Å². The normalized spacial score (nSPS) is 18.7. The van der Waals surface area contributed by atoms with Crippen LogP contribution >= 0.6 is 0 Å². The maximum atomic E-state index is 14.0. The third-order valence-corrected chi connectivity index (χ3v) is 8.82. The molecule has 11 heteroatoms. The van der Waals surface area contributed by atoms with Gasteiger partial charge in [-0.25, -0.2) is 14.4 Å². The van der Waals surface area contributed by atoms with Gasteiger partial charge in [-0.1, -0.05) is 13.8 Å². The van der Waals surface area contributed by atoms with Crippen molar-refractivity contribution in [1.82, 2.24) is 25.6 Å². The number of hydrogen-bond acceptors (Lipinski definition) is 9. The average molecular weight is 635 g/mol. The van der Waals surface area contributed by atoms with E-state index in [0.29, 0.717) is 11.6 Å². The molecule has 4 heterocycles. The number of ether oxygens (including phenoxy) is 2. The monoisotopic (exact) mass is 634 g/mol. The van der Waals surface area contributed by atoms with E-state index in [4.69, 9.17) is 14.6 Å². The van der Waals surface area contributed by atoms with Crippen LogP contribution in [0.1, 0.15) is 88.3 Å². The summed E-state index contributed by atoms with van der Waals surface area (Å²) < 4.78 is 26.4. The molecule has 3 N–H and O–H groups in total. The van der Waals surface area contributed by atoms with E-state index in [-0.39, 0.29) is 34.5 Å². The minimum atomic E-state index is -0.509. The highest BCUT2D eigenvalue weighted by molar-refractivity contribution is 5.97. The van der Waals surface area contributed by atoms with Crippen LogP contribution in [0, 0.1) is 11.2 Å². The molecule has 4 aliphatic rings. The van der Waals surface area contributed by atoms with Crippen LogP contribution in [0.3, 0.4) is 0 Å². The van der Waals surface area contributed by atoms with Gasteiger partial charge in [-0.05, 0) is 77.1 Å². The number of anilines is 1. The van der Waals surface area contributed by atoms with Crippen molar-refractivity contribution in [3.8, 4) is 17.2 Å². The molecule has 1 amide bonds. The number of hydrogen-bond donors (Lipinski definition) is 3. The number of aliphatic hydroxyl groups is 1. The number of nitrogens with zero attached hydrogens (tertiary/aromatic N) is 4. The summed E-state index contributed by atoms with van der Waals surface area (Å²) in [6.45, 7) is 13.0. The summed E-state index contributed by atoms with van der Waals surface area (Å²) in [5.41, 5.74) is 2.35. The number of amides is 1. The van der Waals surface area contributed by atoms with Crippen molar-refractivity contribution < 1.29 is 23.8 Å². The van der Waals surface area contributed by atoms with Crippen molar-refractivity contribution >= 4 is 11.7 Å². The molecule has 0 unspecified atom stereocenters. The molecule has 7 rings (SSSR count). The van der Waals surface area contributed by atoms with E-state index in [1.807, 2.05) is 46.9 Å². The van der Waals surface area contributed by atoms with Gasteiger partial charge in [0.2, 0.25) is 0 Å². The number of aromatic nitrogens is 3. The summed E-state index contributed by atoms with van der Waals surface area (Å²) in [7, 11) is 0. The van der Waals surface area contributed by atoms with Gasteiger partial charge in [-0.3, -0.25) is 9.78 Å². The first-order valence-corrected chi connectivity index (χ1v) is 16.5. The number of halogens is 1. The number of carbonyl (C=O) groups is 1. The highest BCUT2D eigenvalue weighted by atomic mass is 19.1. The van der Waals surface area contributed by atoms with Gasteiger partial charge in [-0.2, -0.15) is 0 Å². The second-order valence-electron chi connectivity index (χ2n) is 13.1. The summed E-state index contributed by atoms with van der Waals surface area (Å²) >= 11 is 0. The van der Waals surface area contributed by atoms with Crippen LogP contribution in [-0.2, 0) is 13.0 Å². The molecule has 3 fully saturated rings. The summed E-state index contributed by atoms with van der Waals surface area (Å²) in [5, 5.41) is 15.1. The number of carbonyl (C=O) groups excluding carboxylic acids is 1. The zero-order valence-corrected chi connectivity index (χ0v) is 27.6. The Balaban J connectivity index is 0.000000462. The predicted octanol–water partition coefficient (Wildman–Crippen LogP) is 5.58. The van der Waals surface area contributed by atoms with Crippen molar-refractivity contribution in [2.45, 2.75) is 97.4 Å². The number of pyridine rings is 1.